The first kappa shape index (κ1) is 24.0. The van der Waals surface area contributed by atoms with Crippen LogP contribution in [0.15, 0.2) is 25.3 Å². The van der Waals surface area contributed by atoms with Crippen molar-refractivity contribution >= 4 is 17.8 Å². The second-order valence-electron chi connectivity index (χ2n) is 7.74. The molecule has 0 aromatic carbocycles. The van der Waals surface area contributed by atoms with Crippen LogP contribution in [0.2, 0.25) is 0 Å². The smallest absolute Gasteiger partial charge is 0.332 e. The number of nitrogens with zero attached hydrogens (tertiary/aromatic N) is 1. The van der Waals surface area contributed by atoms with Gasteiger partial charge < -0.3 is 30.5 Å². The summed E-state index contributed by atoms with van der Waals surface area (Å²) in [4.78, 5) is 39.4. The lowest BCUT2D eigenvalue weighted by Crippen LogP contribution is -2.55. The minimum atomic E-state index is -1.15. The third-order valence-electron chi connectivity index (χ3n) is 5.51. The molecule has 1 aliphatic carbocycles. The standard InChI is InChI=1S/C21H33N3O6/c1-4-9-29-10-7-8-16(22)19(27)24-13-15(25)11-17(24)18(26)23-21(12-14(21)5-2)20(28)30-6-3/h4-5,14-17,25H,1-2,6-13,22H2,3H3,(H,23,26)/t14?,15-,16+,17+,21-/m1/s1. The van der Waals surface area contributed by atoms with Crippen LogP contribution in [0.5, 0.6) is 0 Å². The van der Waals surface area contributed by atoms with Crippen molar-refractivity contribution in [1.82, 2.24) is 10.2 Å². The van der Waals surface area contributed by atoms with E-state index in [0.717, 1.165) is 0 Å². The number of β-amino-alcohol motifs (C(OH)–C–C–N with tert-alkyl or cyclic N) is 1. The molecule has 2 fully saturated rings. The van der Waals surface area contributed by atoms with Gasteiger partial charge in [-0.2, -0.15) is 0 Å². The summed E-state index contributed by atoms with van der Waals surface area (Å²) in [5.74, 6) is -1.65. The first-order valence-electron chi connectivity index (χ1n) is 10.3. The molecule has 1 aliphatic heterocycles. The number of carbonyl (C=O) groups is 3. The van der Waals surface area contributed by atoms with E-state index in [2.05, 4.69) is 18.5 Å². The van der Waals surface area contributed by atoms with Gasteiger partial charge in [0.1, 0.15) is 11.6 Å². The van der Waals surface area contributed by atoms with Crippen LogP contribution in [-0.2, 0) is 23.9 Å². The lowest BCUT2D eigenvalue weighted by atomic mass is 10.1. The van der Waals surface area contributed by atoms with Gasteiger partial charge in [-0.05, 0) is 26.2 Å². The summed E-state index contributed by atoms with van der Waals surface area (Å²) in [5.41, 5.74) is 4.87. The zero-order valence-corrected chi connectivity index (χ0v) is 17.5. The van der Waals surface area contributed by atoms with Crippen molar-refractivity contribution in [2.24, 2.45) is 11.7 Å². The van der Waals surface area contributed by atoms with E-state index in [9.17, 15) is 19.5 Å². The summed E-state index contributed by atoms with van der Waals surface area (Å²) in [6.07, 6.45) is 3.87. The van der Waals surface area contributed by atoms with Crippen molar-refractivity contribution in [2.45, 2.75) is 56.3 Å². The highest BCUT2D eigenvalue weighted by molar-refractivity contribution is 5.96. The first-order valence-corrected chi connectivity index (χ1v) is 10.3. The van der Waals surface area contributed by atoms with Gasteiger partial charge in [0.25, 0.3) is 0 Å². The molecule has 30 heavy (non-hydrogen) atoms. The second-order valence-corrected chi connectivity index (χ2v) is 7.74. The number of hydrogen-bond acceptors (Lipinski definition) is 7. The molecule has 1 saturated carbocycles. The number of esters is 1. The van der Waals surface area contributed by atoms with Crippen LogP contribution >= 0.6 is 0 Å². The van der Waals surface area contributed by atoms with Gasteiger partial charge in [-0.3, -0.25) is 9.59 Å². The molecule has 0 aromatic rings. The molecule has 9 heteroatoms. The fourth-order valence-electron chi connectivity index (χ4n) is 3.78. The molecule has 2 rings (SSSR count). The average Bonchev–Trinajstić information content (AvgIpc) is 3.30. The minimum absolute atomic E-state index is 0.0227. The third-order valence-corrected chi connectivity index (χ3v) is 5.51. The number of carbonyl (C=O) groups excluding carboxylic acids is 3. The Labute approximate surface area is 177 Å². The van der Waals surface area contributed by atoms with Crippen molar-refractivity contribution < 1.29 is 29.0 Å². The molecule has 5 atom stereocenters. The lowest BCUT2D eigenvalue weighted by molar-refractivity contribution is -0.150. The molecule has 1 unspecified atom stereocenters. The van der Waals surface area contributed by atoms with Crippen LogP contribution < -0.4 is 11.1 Å². The van der Waals surface area contributed by atoms with E-state index >= 15 is 0 Å². The molecule has 2 aliphatic rings. The van der Waals surface area contributed by atoms with E-state index in [1.54, 1.807) is 19.1 Å². The summed E-state index contributed by atoms with van der Waals surface area (Å²) >= 11 is 0. The number of aliphatic hydroxyl groups is 1. The molecule has 1 saturated heterocycles. The summed E-state index contributed by atoms with van der Waals surface area (Å²) < 4.78 is 10.4. The molecule has 1 heterocycles. The zero-order chi connectivity index (χ0) is 22.3. The SMILES string of the molecule is C=CCOCCC[C@H](N)C(=O)N1C[C@H](O)C[C@H]1C(=O)N[C@]1(C(=O)OCC)CC1C=C. The minimum Gasteiger partial charge on any atom is -0.464 e. The zero-order valence-electron chi connectivity index (χ0n) is 17.5. The maximum absolute atomic E-state index is 13.0. The van der Waals surface area contributed by atoms with Crippen LogP contribution in [-0.4, -0.2) is 77.9 Å². The molecule has 0 spiro atoms. The predicted molar refractivity (Wildman–Crippen MR) is 110 cm³/mol. The Kier molecular flexibility index (Phi) is 8.57. The van der Waals surface area contributed by atoms with Gasteiger partial charge in [0, 0.05) is 25.5 Å². The largest absolute Gasteiger partial charge is 0.464 e. The van der Waals surface area contributed by atoms with E-state index in [4.69, 9.17) is 15.2 Å². The summed E-state index contributed by atoms with van der Waals surface area (Å²) in [6.45, 7) is 10.0. The van der Waals surface area contributed by atoms with E-state index in [1.165, 1.54) is 4.90 Å². The van der Waals surface area contributed by atoms with Crippen LogP contribution in [0.3, 0.4) is 0 Å². The van der Waals surface area contributed by atoms with Crippen molar-refractivity contribution in [3.63, 3.8) is 0 Å². The first-order chi connectivity index (χ1) is 14.3. The quantitative estimate of drug-likeness (QED) is 0.227. The summed E-state index contributed by atoms with van der Waals surface area (Å²) in [7, 11) is 0. The third kappa shape index (κ3) is 5.47. The molecule has 9 nitrogen and oxygen atoms in total. The van der Waals surface area contributed by atoms with E-state index < -0.39 is 41.5 Å². The maximum Gasteiger partial charge on any atom is 0.332 e. The van der Waals surface area contributed by atoms with Crippen molar-refractivity contribution in [2.75, 3.05) is 26.4 Å². The molecule has 0 radical (unpaired) electrons. The highest BCUT2D eigenvalue weighted by Crippen LogP contribution is 2.45. The molecular formula is C21H33N3O6. The van der Waals surface area contributed by atoms with Gasteiger partial charge in [-0.15, -0.1) is 13.2 Å². The molecule has 0 bridgehead atoms. The number of ether oxygens (including phenoxy) is 2. The van der Waals surface area contributed by atoms with Gasteiger partial charge in [0.05, 0.1) is 25.4 Å². The van der Waals surface area contributed by atoms with Crippen molar-refractivity contribution in [3.05, 3.63) is 25.3 Å². The number of aliphatic hydroxyl groups excluding tert-OH is 1. The summed E-state index contributed by atoms with van der Waals surface area (Å²) in [6, 6.07) is -1.70. The van der Waals surface area contributed by atoms with Gasteiger partial charge in [-0.1, -0.05) is 12.2 Å². The van der Waals surface area contributed by atoms with E-state index in [0.29, 0.717) is 32.5 Å². The average molecular weight is 424 g/mol. The van der Waals surface area contributed by atoms with Gasteiger partial charge in [0.15, 0.2) is 0 Å². The van der Waals surface area contributed by atoms with Crippen LogP contribution in [0, 0.1) is 5.92 Å². The normalized spacial score (nSPS) is 28.5. The van der Waals surface area contributed by atoms with Crippen molar-refractivity contribution in [3.8, 4) is 0 Å². The number of hydrogen-bond donors (Lipinski definition) is 3. The van der Waals surface area contributed by atoms with Gasteiger partial charge in [-0.25, -0.2) is 4.79 Å². The fraction of sp³-hybridized carbons (Fsp3) is 0.667. The monoisotopic (exact) mass is 423 g/mol. The Morgan fingerprint density at radius 1 is 1.40 bits per heavy atom. The number of amides is 2. The fourth-order valence-corrected chi connectivity index (χ4v) is 3.78. The maximum atomic E-state index is 13.0. The van der Waals surface area contributed by atoms with Crippen LogP contribution in [0.1, 0.15) is 32.6 Å². The number of rotatable bonds is 12. The van der Waals surface area contributed by atoms with Gasteiger partial charge >= 0.3 is 5.97 Å². The van der Waals surface area contributed by atoms with E-state index in [1.807, 2.05) is 0 Å². The van der Waals surface area contributed by atoms with Crippen molar-refractivity contribution in [1.29, 1.82) is 0 Å². The number of nitrogens with two attached hydrogens (primary N) is 1. The second kappa shape index (κ2) is 10.7. The molecule has 168 valence electrons. The van der Waals surface area contributed by atoms with E-state index in [-0.39, 0.29) is 25.5 Å². The molecule has 4 N–H and O–H groups in total. The lowest BCUT2D eigenvalue weighted by Gasteiger charge is -2.28. The predicted octanol–water partition coefficient (Wildman–Crippen LogP) is -0.118. The topological polar surface area (TPSA) is 131 Å². The number of likely N-dealkylation sites (tertiary alicyclic amines) is 1. The Morgan fingerprint density at radius 2 is 2.13 bits per heavy atom. The number of nitrogens with one attached hydrogen (secondary N) is 1. The van der Waals surface area contributed by atoms with Gasteiger partial charge in [0.2, 0.25) is 11.8 Å². The highest BCUT2D eigenvalue weighted by atomic mass is 16.5. The Balaban J connectivity index is 2.00. The van der Waals surface area contributed by atoms with Crippen LogP contribution in [0.25, 0.3) is 0 Å². The Morgan fingerprint density at radius 3 is 2.73 bits per heavy atom. The molecular weight excluding hydrogens is 390 g/mol. The molecule has 0 aromatic heterocycles. The van der Waals surface area contributed by atoms with Crippen LogP contribution in [0.4, 0.5) is 0 Å². The summed E-state index contributed by atoms with van der Waals surface area (Å²) in [5, 5.41) is 12.8. The Bertz CT molecular complexity index is 669. The molecule has 2 amide bonds. The Hall–Kier alpha value is -2.23. The highest BCUT2D eigenvalue weighted by Gasteiger charge is 2.62.